The van der Waals surface area contributed by atoms with Crippen LogP contribution < -0.4 is 25.8 Å². The van der Waals surface area contributed by atoms with E-state index in [4.69, 9.17) is 4.52 Å². The molecule has 0 aromatic heterocycles. The lowest BCUT2D eigenvalue weighted by molar-refractivity contribution is 0.459. The van der Waals surface area contributed by atoms with Gasteiger partial charge in [0.05, 0.1) is 5.30 Å². The second-order valence-electron chi connectivity index (χ2n) is 15.8. The number of phenolic OH excluding ortho intramolecular Hbond substituents is 3. The van der Waals surface area contributed by atoms with Gasteiger partial charge in [-0.2, -0.15) is 0 Å². The number of phenols is 3. The third-order valence-corrected chi connectivity index (χ3v) is 14.9. The number of hydrogen-bond donors (Lipinski definition) is 6. The maximum absolute atomic E-state index is 17.3. The average Bonchev–Trinajstić information content (AvgIpc) is 3.32. The van der Waals surface area contributed by atoms with Gasteiger partial charge >= 0.3 is 0 Å². The van der Waals surface area contributed by atoms with Crippen LogP contribution in [-0.2, 0) is 29.4 Å². The van der Waals surface area contributed by atoms with E-state index in [1.54, 1.807) is 66.7 Å². The van der Waals surface area contributed by atoms with E-state index in [1.165, 1.54) is 36.4 Å². The molecule has 9 rings (SSSR count). The van der Waals surface area contributed by atoms with Gasteiger partial charge in [0, 0.05) is 77.1 Å². The fraction of sp³-hybridized carbons (Fsp3) is 0.0769. The quantitative estimate of drug-likeness (QED) is 0.0384. The van der Waals surface area contributed by atoms with Crippen LogP contribution in [0.3, 0.4) is 0 Å². The topological polar surface area (TPSA) is 123 Å². The summed E-state index contributed by atoms with van der Waals surface area (Å²) in [5, 5.41) is 41.6. The van der Waals surface area contributed by atoms with E-state index in [-0.39, 0.29) is 98.4 Å². The molecule has 1 aliphatic heterocycles. The van der Waals surface area contributed by atoms with Crippen molar-refractivity contribution in [3.63, 3.8) is 0 Å². The molecule has 0 bridgehead atoms. The fourth-order valence-electron chi connectivity index (χ4n) is 8.44. The number of para-hydroxylation sites is 1. The predicted molar refractivity (Wildman–Crippen MR) is 245 cm³/mol. The SMILES string of the molecule is O=P1(C(c2ccc(O)c(CNc3ccc(F)c(F)c3)c2)(c2ccc(O)c(CNc3ccc(F)c(F)c3)c2)c2ccc(O)c(CNc3ccc(F)c(F)c3)c2)Oc2ccccc2-c2ccccc21. The van der Waals surface area contributed by atoms with Crippen molar-refractivity contribution in [3.8, 4) is 34.1 Å². The lowest BCUT2D eigenvalue weighted by Crippen LogP contribution is -2.38. The zero-order valence-corrected chi connectivity index (χ0v) is 35.9. The van der Waals surface area contributed by atoms with Crippen molar-refractivity contribution in [3.05, 3.63) is 226 Å². The van der Waals surface area contributed by atoms with Crippen LogP contribution in [0.1, 0.15) is 33.4 Å². The van der Waals surface area contributed by atoms with Gasteiger partial charge in [-0.3, -0.25) is 4.57 Å². The van der Waals surface area contributed by atoms with Gasteiger partial charge in [-0.05, 0) is 107 Å². The van der Waals surface area contributed by atoms with E-state index in [0.29, 0.717) is 11.1 Å². The van der Waals surface area contributed by atoms with Gasteiger partial charge in [0.15, 0.2) is 34.9 Å². The van der Waals surface area contributed by atoms with Crippen LogP contribution in [0.15, 0.2) is 158 Å². The van der Waals surface area contributed by atoms with E-state index in [1.807, 2.05) is 18.2 Å². The van der Waals surface area contributed by atoms with Crippen LogP contribution in [0.4, 0.5) is 43.4 Å². The van der Waals surface area contributed by atoms with E-state index in [9.17, 15) is 41.7 Å². The molecule has 0 aliphatic carbocycles. The molecule has 338 valence electrons. The van der Waals surface area contributed by atoms with Gasteiger partial charge in [-0.25, -0.2) is 26.3 Å². The maximum Gasteiger partial charge on any atom is 0.296 e. The lowest BCUT2D eigenvalue weighted by Gasteiger charge is -2.44. The molecule has 1 atom stereocenters. The first-order valence-electron chi connectivity index (χ1n) is 20.8. The summed E-state index contributed by atoms with van der Waals surface area (Å²) in [7, 11) is -4.59. The first-order chi connectivity index (χ1) is 32.2. The van der Waals surface area contributed by atoms with Crippen LogP contribution in [0, 0.1) is 34.9 Å². The van der Waals surface area contributed by atoms with E-state index < -0.39 is 47.4 Å². The first-order valence-corrected chi connectivity index (χ1v) is 22.4. The minimum absolute atomic E-state index is 0.149. The Kier molecular flexibility index (Phi) is 11.8. The number of fused-ring (bicyclic) bond motifs is 3. The molecule has 8 aromatic rings. The number of aromatic hydroxyl groups is 3. The van der Waals surface area contributed by atoms with Crippen molar-refractivity contribution < 1.29 is 50.8 Å². The standard InChI is InChI=1S/C52H38F6N3O5P/c53-41-15-12-36(24-44(41)56)59-27-30-21-33(9-18-47(30)62)52(67(65)51-8-4-2-6-40(51)39-5-1-3-7-50(39)66-67,34-10-19-48(63)31(22-34)28-60-37-13-16-42(54)45(57)25-37)35-11-20-49(64)32(23-35)29-61-38-14-17-43(55)46(58)26-38/h1-26,59-64H,27-29H2. The smallest absolute Gasteiger partial charge is 0.296 e. The highest BCUT2D eigenvalue weighted by Crippen LogP contribution is 2.72. The number of benzene rings is 8. The van der Waals surface area contributed by atoms with Crippen LogP contribution in [0.5, 0.6) is 23.0 Å². The van der Waals surface area contributed by atoms with Crippen molar-refractivity contribution in [2.45, 2.75) is 24.8 Å². The maximum atomic E-state index is 17.3. The molecule has 1 heterocycles. The van der Waals surface area contributed by atoms with Gasteiger partial charge in [0.25, 0.3) is 7.37 Å². The monoisotopic (exact) mass is 929 g/mol. The normalized spacial score (nSPS) is 14.1. The zero-order chi connectivity index (χ0) is 47.0. The average molecular weight is 930 g/mol. The van der Waals surface area contributed by atoms with Gasteiger partial charge in [0.1, 0.15) is 28.2 Å². The summed E-state index contributed by atoms with van der Waals surface area (Å²) < 4.78 is 109. The molecule has 0 amide bonds. The van der Waals surface area contributed by atoms with Gasteiger partial charge in [-0.1, -0.05) is 54.6 Å². The number of rotatable bonds is 13. The summed E-state index contributed by atoms with van der Waals surface area (Å²) in [6.45, 7) is -0.448. The first kappa shape index (κ1) is 44.4. The Morgan fingerprint density at radius 2 is 0.806 bits per heavy atom. The Bertz CT molecular complexity index is 3010. The molecule has 6 N–H and O–H groups in total. The predicted octanol–water partition coefficient (Wildman–Crippen LogP) is 12.4. The largest absolute Gasteiger partial charge is 0.508 e. The van der Waals surface area contributed by atoms with Gasteiger partial charge in [0.2, 0.25) is 0 Å². The molecule has 0 saturated heterocycles. The summed E-state index contributed by atoms with van der Waals surface area (Å²) in [5.74, 6) is -6.84. The summed E-state index contributed by atoms with van der Waals surface area (Å²) in [5.41, 5.74) is 3.26. The summed E-state index contributed by atoms with van der Waals surface area (Å²) >= 11 is 0. The Balaban J connectivity index is 1.30. The van der Waals surface area contributed by atoms with Gasteiger partial charge in [-0.15, -0.1) is 0 Å². The molecule has 8 aromatic carbocycles. The fourth-order valence-corrected chi connectivity index (χ4v) is 11.7. The van der Waals surface area contributed by atoms with Crippen molar-refractivity contribution in [1.29, 1.82) is 0 Å². The Hall–Kier alpha value is -7.83. The summed E-state index contributed by atoms with van der Waals surface area (Å²) in [4.78, 5) is 0. The minimum Gasteiger partial charge on any atom is -0.508 e. The van der Waals surface area contributed by atoms with E-state index >= 15 is 4.57 Å². The van der Waals surface area contributed by atoms with Crippen molar-refractivity contribution in [2.75, 3.05) is 16.0 Å². The van der Waals surface area contributed by atoms with Crippen molar-refractivity contribution >= 4 is 29.7 Å². The summed E-state index contributed by atoms with van der Waals surface area (Å²) in [6.07, 6.45) is 0. The molecule has 0 spiro atoms. The van der Waals surface area contributed by atoms with Crippen LogP contribution in [0.2, 0.25) is 0 Å². The van der Waals surface area contributed by atoms with Crippen molar-refractivity contribution in [1.82, 2.24) is 0 Å². The second kappa shape index (κ2) is 17.9. The van der Waals surface area contributed by atoms with Gasteiger partial charge < -0.3 is 35.8 Å². The highest BCUT2D eigenvalue weighted by molar-refractivity contribution is 7.69. The number of hydrogen-bond acceptors (Lipinski definition) is 8. The molecule has 15 heteroatoms. The Morgan fingerprint density at radius 1 is 0.433 bits per heavy atom. The molecule has 1 aliphatic rings. The Morgan fingerprint density at radius 3 is 1.21 bits per heavy atom. The number of halogens is 6. The van der Waals surface area contributed by atoms with E-state index in [0.717, 1.165) is 36.4 Å². The molecular formula is C52H38F6N3O5P. The third-order valence-electron chi connectivity index (χ3n) is 11.8. The molecule has 0 saturated carbocycles. The van der Waals surface area contributed by atoms with Crippen LogP contribution >= 0.6 is 7.37 Å². The zero-order valence-electron chi connectivity index (χ0n) is 35.0. The Labute approximate surface area is 380 Å². The number of nitrogens with one attached hydrogen (secondary N) is 3. The van der Waals surface area contributed by atoms with Crippen LogP contribution in [0.25, 0.3) is 11.1 Å². The molecule has 8 nitrogen and oxygen atoms in total. The second-order valence-corrected chi connectivity index (χ2v) is 18.3. The molecule has 1 unspecified atom stereocenters. The lowest BCUT2D eigenvalue weighted by atomic mass is 9.81. The molecular weight excluding hydrogens is 892 g/mol. The third kappa shape index (κ3) is 8.25. The minimum atomic E-state index is -4.59. The highest BCUT2D eigenvalue weighted by atomic mass is 31.2. The molecule has 67 heavy (non-hydrogen) atoms. The molecule has 0 radical (unpaired) electrons. The van der Waals surface area contributed by atoms with Crippen LogP contribution in [-0.4, -0.2) is 15.3 Å². The highest BCUT2D eigenvalue weighted by Gasteiger charge is 2.58. The van der Waals surface area contributed by atoms with Crippen molar-refractivity contribution in [2.24, 2.45) is 0 Å². The number of anilines is 3. The summed E-state index contributed by atoms with van der Waals surface area (Å²) in [6, 6.07) is 37.4. The van der Waals surface area contributed by atoms with E-state index in [2.05, 4.69) is 16.0 Å². The molecule has 0 fully saturated rings.